The molecule has 15 heavy (non-hydrogen) atoms. The first kappa shape index (κ1) is 11.5. The van der Waals surface area contributed by atoms with Gasteiger partial charge in [-0.25, -0.2) is 18.2 Å². The number of nitriles is 1. The highest BCUT2D eigenvalue weighted by Crippen LogP contribution is 2.26. The summed E-state index contributed by atoms with van der Waals surface area (Å²) in [6, 6.07) is 1.30. The molecule has 0 aliphatic carbocycles. The topological polar surface area (TPSA) is 53.8 Å². The number of alkyl halides is 2. The fraction of sp³-hybridized carbons (Fsp3) is 0.125. The van der Waals surface area contributed by atoms with Crippen LogP contribution in [0.4, 0.5) is 13.2 Å². The first-order valence-electron chi connectivity index (χ1n) is 3.55. The maximum absolute atomic E-state index is 13.2. The smallest absolute Gasteiger partial charge is 0.269 e. The van der Waals surface area contributed by atoms with Gasteiger partial charge in [0.25, 0.3) is 11.7 Å². The van der Waals surface area contributed by atoms with E-state index in [9.17, 15) is 18.0 Å². The summed E-state index contributed by atoms with van der Waals surface area (Å²) in [6.45, 7) is 0. The van der Waals surface area contributed by atoms with Gasteiger partial charge in [-0.05, 0) is 11.6 Å². The summed E-state index contributed by atoms with van der Waals surface area (Å²) in [5.41, 5.74) is -2.74. The van der Waals surface area contributed by atoms with Gasteiger partial charge in [-0.3, -0.25) is 4.79 Å². The van der Waals surface area contributed by atoms with Crippen LogP contribution in [-0.4, -0.2) is 10.2 Å². The molecule has 3 nitrogen and oxygen atoms in total. The highest BCUT2D eigenvalue weighted by atomic mass is 35.5. The number of pyridine rings is 1. The minimum atomic E-state index is -3.23. The van der Waals surface area contributed by atoms with Crippen LogP contribution < -0.4 is 0 Å². The van der Waals surface area contributed by atoms with Crippen molar-refractivity contribution in [1.82, 2.24) is 4.98 Å². The highest BCUT2D eigenvalue weighted by molar-refractivity contribution is 6.67. The third-order valence-corrected chi connectivity index (χ3v) is 1.79. The standard InChI is InChI=1S/C8H2ClF3N2O/c9-7(15)3-2-14-4(1-13)5(6(3)10)8(11)12/h2,8H. The molecule has 0 amide bonds. The van der Waals surface area contributed by atoms with E-state index in [2.05, 4.69) is 4.98 Å². The Balaban J connectivity index is 3.51. The van der Waals surface area contributed by atoms with E-state index in [1.165, 1.54) is 6.07 Å². The Bertz CT molecular complexity index is 456. The molecule has 0 aromatic carbocycles. The number of hydrogen-bond donors (Lipinski definition) is 0. The highest BCUT2D eigenvalue weighted by Gasteiger charge is 2.24. The minimum absolute atomic E-state index is 0.648. The van der Waals surface area contributed by atoms with Crippen LogP contribution in [0.3, 0.4) is 0 Å². The van der Waals surface area contributed by atoms with Gasteiger partial charge in [-0.2, -0.15) is 5.26 Å². The molecule has 1 rings (SSSR count). The number of carbonyl (C=O) groups is 1. The zero-order chi connectivity index (χ0) is 11.6. The zero-order valence-corrected chi connectivity index (χ0v) is 7.73. The van der Waals surface area contributed by atoms with Crippen LogP contribution in [0.5, 0.6) is 0 Å². The van der Waals surface area contributed by atoms with E-state index in [0.717, 1.165) is 0 Å². The van der Waals surface area contributed by atoms with E-state index in [1.54, 1.807) is 0 Å². The molecule has 0 unspecified atom stereocenters. The predicted octanol–water partition coefficient (Wildman–Crippen LogP) is 2.41. The lowest BCUT2D eigenvalue weighted by molar-refractivity contribution is 0.107. The van der Waals surface area contributed by atoms with Gasteiger partial charge in [0.1, 0.15) is 11.9 Å². The predicted molar refractivity (Wildman–Crippen MR) is 44.1 cm³/mol. The molecule has 0 aliphatic rings. The van der Waals surface area contributed by atoms with Crippen LogP contribution in [0.15, 0.2) is 6.20 Å². The summed E-state index contributed by atoms with van der Waals surface area (Å²) in [6.07, 6.45) is -2.59. The molecular formula is C8H2ClF3N2O. The van der Waals surface area contributed by atoms with Crippen LogP contribution in [0.25, 0.3) is 0 Å². The second-order valence-corrected chi connectivity index (χ2v) is 2.78. The molecule has 0 N–H and O–H groups in total. The average Bonchev–Trinajstić information content (AvgIpc) is 2.15. The first-order chi connectivity index (χ1) is 6.99. The molecule has 1 aromatic rings. The van der Waals surface area contributed by atoms with Crippen molar-refractivity contribution in [3.8, 4) is 6.07 Å². The molecule has 0 saturated heterocycles. The van der Waals surface area contributed by atoms with E-state index in [1.807, 2.05) is 0 Å². The average molecular weight is 235 g/mol. The lowest BCUT2D eigenvalue weighted by Gasteiger charge is -2.05. The van der Waals surface area contributed by atoms with Gasteiger partial charge in [0.05, 0.1) is 11.1 Å². The Kier molecular flexibility index (Phi) is 3.27. The van der Waals surface area contributed by atoms with Crippen molar-refractivity contribution in [2.45, 2.75) is 6.43 Å². The molecule has 0 saturated carbocycles. The Morgan fingerprint density at radius 1 is 1.60 bits per heavy atom. The lowest BCUT2D eigenvalue weighted by atomic mass is 10.1. The minimum Gasteiger partial charge on any atom is -0.275 e. The maximum atomic E-state index is 13.2. The van der Waals surface area contributed by atoms with Gasteiger partial charge >= 0.3 is 0 Å². The molecule has 1 heterocycles. The summed E-state index contributed by atoms with van der Waals surface area (Å²) in [7, 11) is 0. The molecule has 1 aromatic heterocycles. The van der Waals surface area contributed by atoms with Crippen LogP contribution >= 0.6 is 11.6 Å². The molecule has 7 heteroatoms. The number of halogens is 4. The molecular weight excluding hydrogens is 233 g/mol. The SMILES string of the molecule is N#Cc1ncc(C(=O)Cl)c(F)c1C(F)F. The number of rotatable bonds is 2. The fourth-order valence-electron chi connectivity index (χ4n) is 0.930. The first-order valence-corrected chi connectivity index (χ1v) is 3.93. The monoisotopic (exact) mass is 234 g/mol. The number of aromatic nitrogens is 1. The summed E-state index contributed by atoms with van der Waals surface area (Å²) < 4.78 is 37.9. The van der Waals surface area contributed by atoms with Gasteiger partial charge in [0.15, 0.2) is 5.69 Å². The van der Waals surface area contributed by atoms with Crippen molar-refractivity contribution in [1.29, 1.82) is 5.26 Å². The van der Waals surface area contributed by atoms with E-state index in [-0.39, 0.29) is 0 Å². The van der Waals surface area contributed by atoms with Crippen LogP contribution in [0, 0.1) is 17.1 Å². The zero-order valence-electron chi connectivity index (χ0n) is 6.97. The van der Waals surface area contributed by atoms with Crippen LogP contribution in [-0.2, 0) is 0 Å². The van der Waals surface area contributed by atoms with Crippen molar-refractivity contribution in [3.05, 3.63) is 28.8 Å². The molecule has 78 valence electrons. The van der Waals surface area contributed by atoms with E-state index >= 15 is 0 Å². The Morgan fingerprint density at radius 3 is 2.60 bits per heavy atom. The second kappa shape index (κ2) is 4.28. The molecule has 0 spiro atoms. The van der Waals surface area contributed by atoms with Gasteiger partial charge in [0, 0.05) is 6.20 Å². The van der Waals surface area contributed by atoms with Crippen LogP contribution in [0.2, 0.25) is 0 Å². The Labute approximate surface area is 87.1 Å². The van der Waals surface area contributed by atoms with E-state index in [0.29, 0.717) is 6.20 Å². The molecule has 0 fully saturated rings. The molecule has 0 radical (unpaired) electrons. The van der Waals surface area contributed by atoms with Crippen molar-refractivity contribution < 1.29 is 18.0 Å². The van der Waals surface area contributed by atoms with Crippen molar-refractivity contribution in [2.75, 3.05) is 0 Å². The summed E-state index contributed by atoms with van der Waals surface area (Å²) in [5, 5.41) is 7.15. The molecule has 0 bridgehead atoms. The third kappa shape index (κ3) is 2.07. The van der Waals surface area contributed by atoms with Crippen molar-refractivity contribution in [3.63, 3.8) is 0 Å². The lowest BCUT2D eigenvalue weighted by Crippen LogP contribution is -2.05. The van der Waals surface area contributed by atoms with Crippen LogP contribution in [0.1, 0.15) is 28.0 Å². The normalized spacial score (nSPS) is 10.1. The summed E-state index contributed by atoms with van der Waals surface area (Å²) in [4.78, 5) is 13.8. The van der Waals surface area contributed by atoms with Gasteiger partial charge < -0.3 is 0 Å². The summed E-state index contributed by atoms with van der Waals surface area (Å²) >= 11 is 4.93. The van der Waals surface area contributed by atoms with Gasteiger partial charge in [0.2, 0.25) is 0 Å². The number of nitrogens with zero attached hydrogens (tertiary/aromatic N) is 2. The van der Waals surface area contributed by atoms with Gasteiger partial charge in [-0.1, -0.05) is 0 Å². The van der Waals surface area contributed by atoms with Crippen molar-refractivity contribution in [2.24, 2.45) is 0 Å². The van der Waals surface area contributed by atoms with Crippen molar-refractivity contribution >= 4 is 16.8 Å². The maximum Gasteiger partial charge on any atom is 0.269 e. The number of carbonyl (C=O) groups excluding carboxylic acids is 1. The Morgan fingerprint density at radius 2 is 2.20 bits per heavy atom. The van der Waals surface area contributed by atoms with E-state index < -0.39 is 34.3 Å². The third-order valence-electron chi connectivity index (χ3n) is 1.59. The van der Waals surface area contributed by atoms with Gasteiger partial charge in [-0.15, -0.1) is 0 Å². The Hall–Kier alpha value is -1.61. The number of hydrogen-bond acceptors (Lipinski definition) is 3. The largest absolute Gasteiger partial charge is 0.275 e. The molecule has 0 atom stereocenters. The fourth-order valence-corrected chi connectivity index (χ4v) is 1.06. The van der Waals surface area contributed by atoms with E-state index in [4.69, 9.17) is 16.9 Å². The summed E-state index contributed by atoms with van der Waals surface area (Å²) in [5.74, 6) is -1.50. The quantitative estimate of drug-likeness (QED) is 0.739. The molecule has 0 aliphatic heterocycles. The second-order valence-electron chi connectivity index (χ2n) is 2.43.